The Morgan fingerprint density at radius 1 is 1.48 bits per heavy atom. The molecule has 1 aromatic rings. The maximum absolute atomic E-state index is 9.68. The minimum atomic E-state index is 0.155. The molecule has 1 aliphatic heterocycles. The third-order valence-electron chi connectivity index (χ3n) is 4.23. The van der Waals surface area contributed by atoms with Gasteiger partial charge in [0.2, 0.25) is 0 Å². The van der Waals surface area contributed by atoms with Gasteiger partial charge in [0.25, 0.3) is 0 Å². The molecule has 4 nitrogen and oxygen atoms in total. The van der Waals surface area contributed by atoms with Gasteiger partial charge in [0.1, 0.15) is 0 Å². The molecule has 1 fully saturated rings. The Bertz CT molecular complexity index is 456. The first-order valence-corrected chi connectivity index (χ1v) is 7.91. The summed E-state index contributed by atoms with van der Waals surface area (Å²) in [5.41, 5.74) is 2.23. The molecular formula is C16H25ClN2O2. The van der Waals surface area contributed by atoms with E-state index in [-0.39, 0.29) is 12.6 Å². The molecule has 0 amide bonds. The molecule has 2 unspecified atom stereocenters. The summed E-state index contributed by atoms with van der Waals surface area (Å²) in [6, 6.07) is 6.15. The SMILES string of the molecule is COCCNCc1cccc(Cl)c1N1CCC(C)C1CO. The van der Waals surface area contributed by atoms with E-state index >= 15 is 0 Å². The van der Waals surface area contributed by atoms with E-state index in [1.165, 1.54) is 5.56 Å². The molecule has 1 aromatic carbocycles. The third kappa shape index (κ3) is 3.89. The average molecular weight is 313 g/mol. The zero-order valence-electron chi connectivity index (χ0n) is 12.8. The van der Waals surface area contributed by atoms with Gasteiger partial charge in [0.05, 0.1) is 30.0 Å². The summed E-state index contributed by atoms with van der Waals surface area (Å²) in [5, 5.41) is 13.8. The summed E-state index contributed by atoms with van der Waals surface area (Å²) in [4.78, 5) is 2.26. The van der Waals surface area contributed by atoms with E-state index in [2.05, 4.69) is 23.2 Å². The van der Waals surface area contributed by atoms with Crippen LogP contribution >= 0.6 is 11.6 Å². The van der Waals surface area contributed by atoms with Gasteiger partial charge in [-0.15, -0.1) is 0 Å². The number of halogens is 1. The number of hydrogen-bond donors (Lipinski definition) is 2. The largest absolute Gasteiger partial charge is 0.394 e. The normalized spacial score (nSPS) is 22.0. The van der Waals surface area contributed by atoms with Gasteiger partial charge in [0.15, 0.2) is 0 Å². The van der Waals surface area contributed by atoms with Crippen molar-refractivity contribution in [1.82, 2.24) is 5.32 Å². The lowest BCUT2D eigenvalue weighted by Crippen LogP contribution is -2.36. The lowest BCUT2D eigenvalue weighted by molar-refractivity contribution is 0.199. The molecule has 5 heteroatoms. The van der Waals surface area contributed by atoms with Crippen molar-refractivity contribution in [3.63, 3.8) is 0 Å². The fourth-order valence-corrected chi connectivity index (χ4v) is 3.29. The van der Waals surface area contributed by atoms with Gasteiger partial charge in [-0.1, -0.05) is 30.7 Å². The number of hydrogen-bond acceptors (Lipinski definition) is 4. The van der Waals surface area contributed by atoms with Crippen molar-refractivity contribution in [2.75, 3.05) is 38.3 Å². The van der Waals surface area contributed by atoms with E-state index in [1.54, 1.807) is 7.11 Å². The number of aliphatic hydroxyl groups excluding tert-OH is 1. The highest BCUT2D eigenvalue weighted by Gasteiger charge is 2.32. The highest BCUT2D eigenvalue weighted by Crippen LogP contribution is 2.36. The number of nitrogens with zero attached hydrogens (tertiary/aromatic N) is 1. The van der Waals surface area contributed by atoms with Crippen molar-refractivity contribution >= 4 is 17.3 Å². The summed E-state index contributed by atoms with van der Waals surface area (Å²) in [6.07, 6.45) is 1.09. The monoisotopic (exact) mass is 312 g/mol. The van der Waals surface area contributed by atoms with E-state index in [0.29, 0.717) is 12.5 Å². The molecule has 0 bridgehead atoms. The van der Waals surface area contributed by atoms with Crippen LogP contribution in [0.3, 0.4) is 0 Å². The lowest BCUT2D eigenvalue weighted by Gasteiger charge is -2.30. The maximum atomic E-state index is 9.68. The van der Waals surface area contributed by atoms with Crippen molar-refractivity contribution in [2.24, 2.45) is 5.92 Å². The van der Waals surface area contributed by atoms with Crippen LogP contribution in [-0.4, -0.2) is 44.6 Å². The molecule has 2 rings (SSSR count). The molecule has 2 N–H and O–H groups in total. The minimum absolute atomic E-state index is 0.155. The minimum Gasteiger partial charge on any atom is -0.394 e. The number of aliphatic hydroxyl groups is 1. The van der Waals surface area contributed by atoms with E-state index in [0.717, 1.165) is 36.8 Å². The van der Waals surface area contributed by atoms with E-state index in [4.69, 9.17) is 16.3 Å². The first-order valence-electron chi connectivity index (χ1n) is 7.53. The first-order chi connectivity index (χ1) is 10.2. The second-order valence-electron chi connectivity index (χ2n) is 5.63. The standard InChI is InChI=1S/C16H25ClN2O2/c1-12-6-8-19(15(12)11-20)16-13(4-3-5-14(16)17)10-18-7-9-21-2/h3-5,12,15,18,20H,6-11H2,1-2H3. The van der Waals surface area contributed by atoms with Crippen LogP contribution in [0, 0.1) is 5.92 Å². The molecule has 21 heavy (non-hydrogen) atoms. The van der Waals surface area contributed by atoms with Crippen molar-refractivity contribution in [2.45, 2.75) is 25.9 Å². The van der Waals surface area contributed by atoms with E-state index in [1.807, 2.05) is 12.1 Å². The average Bonchev–Trinajstić information content (AvgIpc) is 2.84. The van der Waals surface area contributed by atoms with Gasteiger partial charge in [-0.25, -0.2) is 0 Å². The number of ether oxygens (including phenoxy) is 1. The van der Waals surface area contributed by atoms with E-state index in [9.17, 15) is 5.11 Å². The molecule has 1 saturated heterocycles. The van der Waals surface area contributed by atoms with Crippen LogP contribution in [0.2, 0.25) is 5.02 Å². The van der Waals surface area contributed by atoms with Crippen LogP contribution in [0.1, 0.15) is 18.9 Å². The predicted octanol–water partition coefficient (Wildman–Crippen LogP) is 2.28. The molecule has 0 aromatic heterocycles. The zero-order valence-corrected chi connectivity index (χ0v) is 13.6. The second kappa shape index (κ2) is 7.99. The predicted molar refractivity (Wildman–Crippen MR) is 87.0 cm³/mol. The Balaban J connectivity index is 2.17. The van der Waals surface area contributed by atoms with Crippen LogP contribution < -0.4 is 10.2 Å². The van der Waals surface area contributed by atoms with Crippen LogP contribution in [0.5, 0.6) is 0 Å². The highest BCUT2D eigenvalue weighted by molar-refractivity contribution is 6.33. The molecule has 0 saturated carbocycles. The molecule has 1 aliphatic rings. The van der Waals surface area contributed by atoms with E-state index < -0.39 is 0 Å². The molecule has 2 atom stereocenters. The Morgan fingerprint density at radius 2 is 2.29 bits per heavy atom. The molecular weight excluding hydrogens is 288 g/mol. The van der Waals surface area contributed by atoms with Gasteiger partial charge in [0, 0.05) is 26.7 Å². The summed E-state index contributed by atoms with van der Waals surface area (Å²) in [5.74, 6) is 0.487. The number of methoxy groups -OCH3 is 1. The number of rotatable bonds is 7. The Morgan fingerprint density at radius 3 is 3.00 bits per heavy atom. The Kier molecular flexibility index (Phi) is 6.30. The van der Waals surface area contributed by atoms with Gasteiger partial charge >= 0.3 is 0 Å². The van der Waals surface area contributed by atoms with Gasteiger partial charge in [-0.2, -0.15) is 0 Å². The van der Waals surface area contributed by atoms with Crippen molar-refractivity contribution < 1.29 is 9.84 Å². The number of anilines is 1. The number of nitrogens with one attached hydrogen (secondary N) is 1. The van der Waals surface area contributed by atoms with Crippen molar-refractivity contribution in [1.29, 1.82) is 0 Å². The smallest absolute Gasteiger partial charge is 0.0643 e. The van der Waals surface area contributed by atoms with Crippen LogP contribution in [0.4, 0.5) is 5.69 Å². The molecule has 0 radical (unpaired) electrons. The molecule has 0 aliphatic carbocycles. The Hall–Kier alpha value is -0.810. The second-order valence-corrected chi connectivity index (χ2v) is 6.03. The summed E-state index contributed by atoms with van der Waals surface area (Å²) < 4.78 is 5.05. The summed E-state index contributed by atoms with van der Waals surface area (Å²) in [7, 11) is 1.70. The molecule has 0 spiro atoms. The fraction of sp³-hybridized carbons (Fsp3) is 0.625. The zero-order chi connectivity index (χ0) is 15.2. The summed E-state index contributed by atoms with van der Waals surface area (Å²) in [6.45, 7) is 5.55. The quantitative estimate of drug-likeness (QED) is 0.758. The molecule has 118 valence electrons. The first kappa shape index (κ1) is 16.6. The number of para-hydroxylation sites is 1. The fourth-order valence-electron chi connectivity index (χ4n) is 2.99. The third-order valence-corrected chi connectivity index (χ3v) is 4.53. The van der Waals surface area contributed by atoms with Crippen LogP contribution in [0.15, 0.2) is 18.2 Å². The van der Waals surface area contributed by atoms with Crippen LogP contribution in [-0.2, 0) is 11.3 Å². The van der Waals surface area contributed by atoms with Crippen LogP contribution in [0.25, 0.3) is 0 Å². The van der Waals surface area contributed by atoms with Crippen molar-refractivity contribution in [3.05, 3.63) is 28.8 Å². The number of benzene rings is 1. The molecule has 1 heterocycles. The highest BCUT2D eigenvalue weighted by atomic mass is 35.5. The van der Waals surface area contributed by atoms with Gasteiger partial charge < -0.3 is 20.1 Å². The maximum Gasteiger partial charge on any atom is 0.0643 e. The van der Waals surface area contributed by atoms with Gasteiger partial charge in [-0.3, -0.25) is 0 Å². The van der Waals surface area contributed by atoms with Gasteiger partial charge in [-0.05, 0) is 24.0 Å². The topological polar surface area (TPSA) is 44.7 Å². The lowest BCUT2D eigenvalue weighted by atomic mass is 10.0. The summed E-state index contributed by atoms with van der Waals surface area (Å²) >= 11 is 6.44. The van der Waals surface area contributed by atoms with Crippen molar-refractivity contribution in [3.8, 4) is 0 Å². The Labute approximate surface area is 132 Å².